The minimum absolute atomic E-state index is 0.00247. The zero-order chi connectivity index (χ0) is 19.0. The van der Waals surface area contributed by atoms with Crippen LogP contribution in [0, 0.1) is 10.1 Å². The first-order valence-electron chi connectivity index (χ1n) is 7.80. The van der Waals surface area contributed by atoms with Gasteiger partial charge in [-0.1, -0.05) is 5.16 Å². The second kappa shape index (κ2) is 6.48. The summed E-state index contributed by atoms with van der Waals surface area (Å²) < 4.78 is 31.6. The van der Waals surface area contributed by atoms with Crippen molar-refractivity contribution >= 4 is 15.7 Å². The Morgan fingerprint density at radius 2 is 1.93 bits per heavy atom. The van der Waals surface area contributed by atoms with E-state index in [0.29, 0.717) is 11.6 Å². The van der Waals surface area contributed by atoms with E-state index in [1.54, 1.807) is 0 Å². The van der Waals surface area contributed by atoms with Crippen LogP contribution in [-0.4, -0.2) is 50.8 Å². The quantitative estimate of drug-likeness (QED) is 0.465. The van der Waals surface area contributed by atoms with E-state index in [-0.39, 0.29) is 35.4 Å². The average Bonchev–Trinajstić information content (AvgIpc) is 3.10. The van der Waals surface area contributed by atoms with Gasteiger partial charge in [0.2, 0.25) is 21.7 Å². The average molecular weight is 388 g/mol. The van der Waals surface area contributed by atoms with Gasteiger partial charge >= 0.3 is 0 Å². The van der Waals surface area contributed by atoms with Crippen LogP contribution in [0.15, 0.2) is 52.3 Å². The van der Waals surface area contributed by atoms with Crippen molar-refractivity contribution in [2.24, 2.45) is 0 Å². The molecule has 1 aliphatic heterocycles. The molecule has 3 heterocycles. The number of sulfonamides is 1. The lowest BCUT2D eigenvalue weighted by Crippen LogP contribution is -2.48. The molecule has 1 fully saturated rings. The molecule has 1 aliphatic rings. The minimum atomic E-state index is -3.73. The van der Waals surface area contributed by atoms with Gasteiger partial charge in [0.15, 0.2) is 0 Å². The summed E-state index contributed by atoms with van der Waals surface area (Å²) in [6, 6.07) is 4.77. The first-order valence-corrected chi connectivity index (χ1v) is 9.24. The molecule has 2 aromatic heterocycles. The second-order valence-electron chi connectivity index (χ2n) is 5.82. The normalized spacial score (nSPS) is 15.4. The van der Waals surface area contributed by atoms with Gasteiger partial charge in [0.25, 0.3) is 5.69 Å². The molecule has 12 heteroatoms. The molecule has 138 valence electrons. The van der Waals surface area contributed by atoms with Crippen molar-refractivity contribution in [1.29, 1.82) is 0 Å². The summed E-state index contributed by atoms with van der Waals surface area (Å²) in [7, 11) is -3.73. The van der Waals surface area contributed by atoms with Gasteiger partial charge in [-0.2, -0.15) is 9.29 Å². The Morgan fingerprint density at radius 1 is 1.19 bits per heavy atom. The summed E-state index contributed by atoms with van der Waals surface area (Å²) in [6.07, 6.45) is 4.53. The predicted octanol–water partition coefficient (Wildman–Crippen LogP) is 1.22. The number of hydrogen-bond donors (Lipinski definition) is 0. The van der Waals surface area contributed by atoms with Crippen molar-refractivity contribution < 1.29 is 17.9 Å². The maximum Gasteiger partial charge on any atom is 0.269 e. The van der Waals surface area contributed by atoms with Gasteiger partial charge in [-0.3, -0.25) is 15.1 Å². The highest BCUT2D eigenvalue weighted by Gasteiger charge is 2.40. The second-order valence-corrected chi connectivity index (χ2v) is 7.75. The molecule has 0 unspecified atom stereocenters. The standard InChI is InChI=1S/C15H12N6O5S/c22-21(23)11-1-3-12(4-2-11)27(24,25)20-8-10(9-20)15-18-14(19-26-15)13-7-16-5-6-17-13/h1-7,10H,8-9H2. The van der Waals surface area contributed by atoms with Crippen molar-refractivity contribution in [3.8, 4) is 11.5 Å². The lowest BCUT2D eigenvalue weighted by atomic mass is 10.0. The number of hydrogen-bond acceptors (Lipinski definition) is 9. The first-order chi connectivity index (χ1) is 12.9. The number of non-ortho nitro benzene ring substituents is 1. The van der Waals surface area contributed by atoms with Gasteiger partial charge < -0.3 is 4.52 Å². The summed E-state index contributed by atoms with van der Waals surface area (Å²) in [5.74, 6) is 0.385. The number of aromatic nitrogens is 4. The maximum atomic E-state index is 12.6. The van der Waals surface area contributed by atoms with E-state index in [0.717, 1.165) is 12.1 Å². The van der Waals surface area contributed by atoms with Crippen molar-refractivity contribution in [1.82, 2.24) is 24.4 Å². The van der Waals surface area contributed by atoms with E-state index < -0.39 is 14.9 Å². The molecule has 0 spiro atoms. The third kappa shape index (κ3) is 3.15. The van der Waals surface area contributed by atoms with Crippen molar-refractivity contribution in [2.45, 2.75) is 10.8 Å². The molecule has 0 bridgehead atoms. The Bertz CT molecular complexity index is 1080. The van der Waals surface area contributed by atoms with E-state index in [4.69, 9.17) is 4.52 Å². The third-order valence-electron chi connectivity index (χ3n) is 4.12. The monoisotopic (exact) mass is 388 g/mol. The zero-order valence-electron chi connectivity index (χ0n) is 13.7. The highest BCUT2D eigenvalue weighted by atomic mass is 32.2. The Labute approximate surface area is 152 Å². The molecule has 0 aliphatic carbocycles. The van der Waals surface area contributed by atoms with Crippen LogP contribution in [0.2, 0.25) is 0 Å². The van der Waals surface area contributed by atoms with E-state index in [1.165, 1.54) is 35.0 Å². The topological polar surface area (TPSA) is 145 Å². The molecule has 1 aromatic carbocycles. The van der Waals surface area contributed by atoms with Crippen LogP contribution in [0.4, 0.5) is 5.69 Å². The molecule has 11 nitrogen and oxygen atoms in total. The summed E-state index contributed by atoms with van der Waals surface area (Å²) in [6.45, 7) is 0.364. The molecule has 1 saturated heterocycles. The maximum absolute atomic E-state index is 12.6. The lowest BCUT2D eigenvalue weighted by molar-refractivity contribution is -0.384. The molecule has 0 atom stereocenters. The van der Waals surface area contributed by atoms with Crippen LogP contribution >= 0.6 is 0 Å². The van der Waals surface area contributed by atoms with Crippen LogP contribution in [0.1, 0.15) is 11.8 Å². The largest absolute Gasteiger partial charge is 0.339 e. The van der Waals surface area contributed by atoms with Crippen LogP contribution in [0.5, 0.6) is 0 Å². The summed E-state index contributed by atoms with van der Waals surface area (Å²) >= 11 is 0. The summed E-state index contributed by atoms with van der Waals surface area (Å²) in [4.78, 5) is 22.3. The molecule has 0 N–H and O–H groups in total. The van der Waals surface area contributed by atoms with Gasteiger partial charge in [0.05, 0.1) is 21.9 Å². The van der Waals surface area contributed by atoms with E-state index in [9.17, 15) is 18.5 Å². The van der Waals surface area contributed by atoms with Crippen LogP contribution < -0.4 is 0 Å². The molecule has 27 heavy (non-hydrogen) atoms. The zero-order valence-corrected chi connectivity index (χ0v) is 14.5. The SMILES string of the molecule is O=[N+]([O-])c1ccc(S(=O)(=O)N2CC(c3nc(-c4cnccn4)no3)C2)cc1. The predicted molar refractivity (Wildman–Crippen MR) is 89.9 cm³/mol. The van der Waals surface area contributed by atoms with E-state index in [1.807, 2.05) is 0 Å². The number of nitro groups is 1. The molecule has 0 radical (unpaired) electrons. The molecule has 0 saturated carbocycles. The van der Waals surface area contributed by atoms with Gasteiger partial charge in [-0.25, -0.2) is 13.4 Å². The van der Waals surface area contributed by atoms with Gasteiger partial charge in [-0.05, 0) is 12.1 Å². The third-order valence-corrected chi connectivity index (χ3v) is 5.96. The van der Waals surface area contributed by atoms with Crippen LogP contribution in [-0.2, 0) is 10.0 Å². The number of benzene rings is 1. The Morgan fingerprint density at radius 3 is 2.56 bits per heavy atom. The fraction of sp³-hybridized carbons (Fsp3) is 0.200. The highest BCUT2D eigenvalue weighted by molar-refractivity contribution is 7.89. The Hall–Kier alpha value is -3.25. The summed E-state index contributed by atoms with van der Waals surface area (Å²) in [5, 5.41) is 14.5. The lowest BCUT2D eigenvalue weighted by Gasteiger charge is -2.35. The number of nitro benzene ring substituents is 1. The Kier molecular flexibility index (Phi) is 4.12. The van der Waals surface area contributed by atoms with Crippen LogP contribution in [0.3, 0.4) is 0 Å². The van der Waals surface area contributed by atoms with Gasteiger partial charge in [-0.15, -0.1) is 0 Å². The van der Waals surface area contributed by atoms with Crippen molar-refractivity contribution in [3.05, 3.63) is 58.9 Å². The minimum Gasteiger partial charge on any atom is -0.339 e. The molecule has 0 amide bonds. The number of rotatable bonds is 5. The van der Waals surface area contributed by atoms with E-state index in [2.05, 4.69) is 20.1 Å². The molecule has 3 aromatic rings. The number of nitrogens with zero attached hydrogens (tertiary/aromatic N) is 6. The fourth-order valence-corrected chi connectivity index (χ4v) is 4.13. The smallest absolute Gasteiger partial charge is 0.269 e. The first kappa shape index (κ1) is 17.2. The Balaban J connectivity index is 1.46. The van der Waals surface area contributed by atoms with E-state index >= 15 is 0 Å². The highest BCUT2D eigenvalue weighted by Crippen LogP contribution is 2.32. The molecule has 4 rings (SSSR count). The summed E-state index contributed by atoms with van der Waals surface area (Å²) in [5.41, 5.74) is 0.292. The van der Waals surface area contributed by atoms with Gasteiger partial charge in [0, 0.05) is 37.6 Å². The fourth-order valence-electron chi connectivity index (χ4n) is 2.60. The van der Waals surface area contributed by atoms with Crippen LogP contribution in [0.25, 0.3) is 11.5 Å². The molecular formula is C15H12N6O5S. The van der Waals surface area contributed by atoms with Gasteiger partial charge in [0.1, 0.15) is 5.69 Å². The molecular weight excluding hydrogens is 376 g/mol. The van der Waals surface area contributed by atoms with Crippen molar-refractivity contribution in [2.75, 3.05) is 13.1 Å². The van der Waals surface area contributed by atoms with Crippen molar-refractivity contribution in [3.63, 3.8) is 0 Å².